The van der Waals surface area contributed by atoms with Gasteiger partial charge in [0.25, 0.3) is 0 Å². The van der Waals surface area contributed by atoms with Crippen LogP contribution in [0.4, 0.5) is 0 Å². The van der Waals surface area contributed by atoms with E-state index in [4.69, 9.17) is 4.74 Å². The Balaban J connectivity index is 1.44. The lowest BCUT2D eigenvalue weighted by Gasteiger charge is -2.14. The summed E-state index contributed by atoms with van der Waals surface area (Å²) in [5, 5.41) is 7.74. The zero-order valence-electron chi connectivity index (χ0n) is 16.3. The normalized spacial score (nSPS) is 11.3. The molecule has 0 aliphatic carbocycles. The van der Waals surface area contributed by atoms with Crippen LogP contribution in [0.5, 0.6) is 5.75 Å². The summed E-state index contributed by atoms with van der Waals surface area (Å²) in [6, 6.07) is 18.4. The van der Waals surface area contributed by atoms with Crippen molar-refractivity contribution in [3.8, 4) is 16.9 Å². The van der Waals surface area contributed by atoms with Crippen LogP contribution in [0.3, 0.4) is 0 Å². The fourth-order valence-electron chi connectivity index (χ4n) is 2.80. The maximum absolute atomic E-state index is 6.01. The lowest BCUT2D eigenvalue weighted by atomic mass is 10.1. The predicted octanol–water partition coefficient (Wildman–Crippen LogP) is 3.91. The fraction of sp³-hybridized carbons (Fsp3) is 0.273. The van der Waals surface area contributed by atoms with Crippen LogP contribution in [-0.2, 0) is 6.42 Å². The highest BCUT2D eigenvalue weighted by Crippen LogP contribution is 2.29. The highest BCUT2D eigenvalue weighted by atomic mass is 32.1. The van der Waals surface area contributed by atoms with Crippen LogP contribution in [0.2, 0.25) is 0 Å². The minimum Gasteiger partial charge on any atom is -0.491 e. The summed E-state index contributed by atoms with van der Waals surface area (Å²) in [6.07, 6.45) is 2.80. The van der Waals surface area contributed by atoms with Gasteiger partial charge in [-0.2, -0.15) is 0 Å². The zero-order valence-corrected chi connectivity index (χ0v) is 17.1. The van der Waals surface area contributed by atoms with Crippen LogP contribution in [0, 0.1) is 6.92 Å². The smallest absolute Gasteiger partial charge is 0.191 e. The zero-order chi connectivity index (χ0) is 19.6. The first-order valence-corrected chi connectivity index (χ1v) is 10.2. The third kappa shape index (κ3) is 5.82. The number of rotatable bonds is 8. The summed E-state index contributed by atoms with van der Waals surface area (Å²) in [7, 11) is 1.77. The average molecular weight is 395 g/mol. The lowest BCUT2D eigenvalue weighted by Crippen LogP contribution is -2.40. The Morgan fingerprint density at radius 2 is 1.79 bits per heavy atom. The van der Waals surface area contributed by atoms with E-state index in [0.29, 0.717) is 13.2 Å². The average Bonchev–Trinajstić information content (AvgIpc) is 3.15. The molecule has 5 nitrogen and oxygen atoms in total. The fourth-order valence-corrected chi connectivity index (χ4v) is 3.59. The van der Waals surface area contributed by atoms with Crippen molar-refractivity contribution in [2.24, 2.45) is 4.99 Å². The van der Waals surface area contributed by atoms with E-state index in [1.807, 2.05) is 42.6 Å². The number of aromatic nitrogens is 1. The maximum Gasteiger partial charge on any atom is 0.191 e. The van der Waals surface area contributed by atoms with Gasteiger partial charge in [-0.05, 0) is 18.6 Å². The van der Waals surface area contributed by atoms with Gasteiger partial charge >= 0.3 is 0 Å². The molecule has 0 saturated heterocycles. The number of hydrogen-bond donors (Lipinski definition) is 2. The molecule has 3 aromatic rings. The Bertz CT molecular complexity index is 892. The number of guanidine groups is 1. The standard InChI is InChI=1S/C22H26N4OS/c1-17-16-26-21(28-17)12-13-24-22(23-2)25-14-15-27-20-11-7-6-10-19(20)18-8-4-3-5-9-18/h3-11,16H,12-15H2,1-2H3,(H2,23,24,25). The largest absolute Gasteiger partial charge is 0.491 e. The highest BCUT2D eigenvalue weighted by molar-refractivity contribution is 7.11. The summed E-state index contributed by atoms with van der Waals surface area (Å²) in [6.45, 7) is 4.09. The Morgan fingerprint density at radius 1 is 1.04 bits per heavy atom. The van der Waals surface area contributed by atoms with Gasteiger partial charge in [0, 0.05) is 36.7 Å². The van der Waals surface area contributed by atoms with E-state index in [0.717, 1.165) is 40.8 Å². The lowest BCUT2D eigenvalue weighted by molar-refractivity contribution is 0.323. The third-order valence-corrected chi connectivity index (χ3v) is 5.12. The van der Waals surface area contributed by atoms with E-state index in [1.54, 1.807) is 18.4 Å². The third-order valence-electron chi connectivity index (χ3n) is 4.15. The van der Waals surface area contributed by atoms with Crippen molar-refractivity contribution in [3.63, 3.8) is 0 Å². The number of aliphatic imine (C=N–C) groups is 1. The minimum absolute atomic E-state index is 0.552. The molecular weight excluding hydrogens is 368 g/mol. The summed E-state index contributed by atoms with van der Waals surface area (Å²) in [5.74, 6) is 1.66. The molecule has 6 heteroatoms. The quantitative estimate of drug-likeness (QED) is 0.346. The molecule has 0 bridgehead atoms. The van der Waals surface area contributed by atoms with Gasteiger partial charge in [0.05, 0.1) is 11.6 Å². The number of para-hydroxylation sites is 1. The van der Waals surface area contributed by atoms with Crippen LogP contribution in [0.15, 0.2) is 65.8 Å². The van der Waals surface area contributed by atoms with Crippen molar-refractivity contribution in [2.45, 2.75) is 13.3 Å². The molecule has 3 rings (SSSR count). The number of hydrogen-bond acceptors (Lipinski definition) is 4. The molecule has 28 heavy (non-hydrogen) atoms. The van der Waals surface area contributed by atoms with Crippen molar-refractivity contribution in [2.75, 3.05) is 26.7 Å². The van der Waals surface area contributed by atoms with Crippen molar-refractivity contribution in [1.29, 1.82) is 0 Å². The molecule has 0 fully saturated rings. The maximum atomic E-state index is 6.01. The van der Waals surface area contributed by atoms with Crippen molar-refractivity contribution >= 4 is 17.3 Å². The second-order valence-corrected chi connectivity index (χ2v) is 7.57. The molecule has 0 radical (unpaired) electrons. The SMILES string of the molecule is CN=C(NCCOc1ccccc1-c1ccccc1)NCCc1ncc(C)s1. The second-order valence-electron chi connectivity index (χ2n) is 6.25. The number of nitrogens with zero attached hydrogens (tertiary/aromatic N) is 2. The van der Waals surface area contributed by atoms with E-state index in [9.17, 15) is 0 Å². The first-order chi connectivity index (χ1) is 13.8. The van der Waals surface area contributed by atoms with E-state index in [1.165, 1.54) is 4.88 Å². The summed E-state index contributed by atoms with van der Waals surface area (Å²) >= 11 is 1.73. The molecule has 0 saturated carbocycles. The summed E-state index contributed by atoms with van der Waals surface area (Å²) in [5.41, 5.74) is 2.25. The number of ether oxygens (including phenoxy) is 1. The van der Waals surface area contributed by atoms with Crippen LogP contribution in [0.1, 0.15) is 9.88 Å². The Labute approximate surface area is 170 Å². The van der Waals surface area contributed by atoms with Crippen molar-refractivity contribution in [1.82, 2.24) is 15.6 Å². The molecule has 0 aliphatic rings. The first-order valence-electron chi connectivity index (χ1n) is 9.39. The predicted molar refractivity (Wildman–Crippen MR) is 117 cm³/mol. The minimum atomic E-state index is 0.552. The van der Waals surface area contributed by atoms with Gasteiger partial charge < -0.3 is 15.4 Å². The van der Waals surface area contributed by atoms with E-state index in [-0.39, 0.29) is 0 Å². The van der Waals surface area contributed by atoms with E-state index >= 15 is 0 Å². The van der Waals surface area contributed by atoms with E-state index < -0.39 is 0 Å². The number of thiazole rings is 1. The molecular formula is C22H26N4OS. The molecule has 146 valence electrons. The van der Waals surface area contributed by atoms with Gasteiger partial charge in [-0.15, -0.1) is 11.3 Å². The number of benzene rings is 2. The van der Waals surface area contributed by atoms with Gasteiger partial charge in [-0.1, -0.05) is 48.5 Å². The molecule has 1 heterocycles. The molecule has 0 unspecified atom stereocenters. The van der Waals surface area contributed by atoms with Gasteiger partial charge in [-0.25, -0.2) is 4.98 Å². The van der Waals surface area contributed by atoms with Crippen molar-refractivity contribution in [3.05, 3.63) is 70.7 Å². The monoisotopic (exact) mass is 394 g/mol. The number of aryl methyl sites for hydroxylation is 1. The summed E-state index contributed by atoms with van der Waals surface area (Å²) in [4.78, 5) is 9.88. The van der Waals surface area contributed by atoms with Gasteiger partial charge in [0.15, 0.2) is 5.96 Å². The molecule has 0 spiro atoms. The molecule has 0 amide bonds. The van der Waals surface area contributed by atoms with Gasteiger partial charge in [0.1, 0.15) is 12.4 Å². The first kappa shape index (κ1) is 19.9. The highest BCUT2D eigenvalue weighted by Gasteiger charge is 2.05. The van der Waals surface area contributed by atoms with Gasteiger partial charge in [0.2, 0.25) is 0 Å². The summed E-state index contributed by atoms with van der Waals surface area (Å²) < 4.78 is 6.01. The molecule has 0 aliphatic heterocycles. The van der Waals surface area contributed by atoms with Crippen LogP contribution in [-0.4, -0.2) is 37.7 Å². The van der Waals surface area contributed by atoms with Crippen molar-refractivity contribution < 1.29 is 4.74 Å². The number of nitrogens with one attached hydrogen (secondary N) is 2. The molecule has 0 atom stereocenters. The van der Waals surface area contributed by atoms with Gasteiger partial charge in [-0.3, -0.25) is 4.99 Å². The molecule has 2 aromatic carbocycles. The van der Waals surface area contributed by atoms with Crippen LogP contribution < -0.4 is 15.4 Å². The molecule has 2 N–H and O–H groups in total. The Morgan fingerprint density at radius 3 is 2.54 bits per heavy atom. The Kier molecular flexibility index (Phi) is 7.44. The topological polar surface area (TPSA) is 58.5 Å². The van der Waals surface area contributed by atoms with Crippen LogP contribution in [0.25, 0.3) is 11.1 Å². The van der Waals surface area contributed by atoms with E-state index in [2.05, 4.69) is 45.7 Å². The Hall–Kier alpha value is -2.86. The second kappa shape index (κ2) is 10.5. The van der Waals surface area contributed by atoms with Crippen LogP contribution >= 0.6 is 11.3 Å². The molecule has 1 aromatic heterocycles.